The van der Waals surface area contributed by atoms with Crippen LogP contribution in [-0.2, 0) is 24.3 Å². The van der Waals surface area contributed by atoms with E-state index in [9.17, 15) is 18.0 Å². The summed E-state index contributed by atoms with van der Waals surface area (Å²) >= 11 is 0. The van der Waals surface area contributed by atoms with Crippen molar-refractivity contribution in [2.45, 2.75) is 25.2 Å². The molecule has 6 nitrogen and oxygen atoms in total. The van der Waals surface area contributed by atoms with Gasteiger partial charge in [0.15, 0.2) is 5.78 Å². The molecule has 0 atom stereocenters. The predicted octanol–water partition coefficient (Wildman–Crippen LogP) is 4.05. The lowest BCUT2D eigenvalue weighted by molar-refractivity contribution is -0.136. The summed E-state index contributed by atoms with van der Waals surface area (Å²) in [5.41, 5.74) is 2.18. The number of nitrogens with zero attached hydrogens (tertiary/aromatic N) is 1. The van der Waals surface area contributed by atoms with E-state index in [0.717, 1.165) is 5.56 Å². The second kappa shape index (κ2) is 10.3. The lowest BCUT2D eigenvalue weighted by Crippen LogP contribution is -2.34. The van der Waals surface area contributed by atoms with E-state index >= 15 is 0 Å². The Balaban J connectivity index is 2.17. The van der Waals surface area contributed by atoms with Crippen molar-refractivity contribution in [3.05, 3.63) is 95.8 Å². The Labute approximate surface area is 188 Å². The maximum absolute atomic E-state index is 13.5. The van der Waals surface area contributed by atoms with E-state index in [-0.39, 0.29) is 35.9 Å². The van der Waals surface area contributed by atoms with Crippen LogP contribution in [0.15, 0.2) is 89.6 Å². The third kappa shape index (κ3) is 5.90. The monoisotopic (exact) mass is 451 g/mol. The van der Waals surface area contributed by atoms with Crippen molar-refractivity contribution >= 4 is 27.3 Å². The molecule has 0 saturated carbocycles. The summed E-state index contributed by atoms with van der Waals surface area (Å²) < 4.78 is 33.7. The zero-order valence-electron chi connectivity index (χ0n) is 18.0. The van der Waals surface area contributed by atoms with E-state index in [0.29, 0.717) is 11.1 Å². The van der Waals surface area contributed by atoms with E-state index in [2.05, 4.69) is 0 Å². The number of carbonyl (C=O) groups is 2. The van der Waals surface area contributed by atoms with Crippen LogP contribution in [0.3, 0.4) is 0 Å². The number of carbonyl (C=O) groups excluding carboxylic acids is 2. The largest absolute Gasteiger partial charge is 0.426 e. The molecule has 3 rings (SSSR count). The number of esters is 1. The van der Waals surface area contributed by atoms with E-state index < -0.39 is 16.0 Å². The first kappa shape index (κ1) is 23.4. The van der Waals surface area contributed by atoms with Gasteiger partial charge in [0.2, 0.25) is 10.0 Å². The highest BCUT2D eigenvalue weighted by atomic mass is 32.2. The summed E-state index contributed by atoms with van der Waals surface area (Å²) in [6, 6.07) is 15.7. The fourth-order valence-corrected chi connectivity index (χ4v) is 4.65. The summed E-state index contributed by atoms with van der Waals surface area (Å²) in [4.78, 5) is 24.2. The minimum atomic E-state index is -3.92. The number of hydrogen-bond acceptors (Lipinski definition) is 5. The molecule has 0 N–H and O–H groups in total. The highest BCUT2D eigenvalue weighted by Gasteiger charge is 2.27. The Morgan fingerprint density at radius 2 is 1.62 bits per heavy atom. The average molecular weight is 452 g/mol. The molecule has 0 amide bonds. The Bertz CT molecular complexity index is 1180. The third-order valence-corrected chi connectivity index (χ3v) is 6.77. The second-order valence-electron chi connectivity index (χ2n) is 7.39. The highest BCUT2D eigenvalue weighted by molar-refractivity contribution is 7.89. The third-order valence-electron chi connectivity index (χ3n) is 4.92. The van der Waals surface area contributed by atoms with Gasteiger partial charge in [0.1, 0.15) is 5.76 Å². The van der Waals surface area contributed by atoms with Crippen molar-refractivity contribution in [3.8, 4) is 0 Å². The number of benzene rings is 2. The summed E-state index contributed by atoms with van der Waals surface area (Å²) in [6.45, 7) is 3.08. The van der Waals surface area contributed by atoms with Crippen LogP contribution in [0.25, 0.3) is 5.57 Å². The fourth-order valence-electron chi connectivity index (χ4n) is 3.25. The maximum Gasteiger partial charge on any atom is 0.308 e. The number of rotatable bonds is 4. The van der Waals surface area contributed by atoms with Crippen LogP contribution < -0.4 is 0 Å². The molecule has 1 heterocycles. The zero-order chi connectivity index (χ0) is 23.1. The zero-order valence-corrected chi connectivity index (χ0v) is 18.8. The maximum atomic E-state index is 13.5. The van der Waals surface area contributed by atoms with Crippen LogP contribution >= 0.6 is 0 Å². The highest BCUT2D eigenvalue weighted by Crippen LogP contribution is 2.26. The molecule has 0 bridgehead atoms. The van der Waals surface area contributed by atoms with Gasteiger partial charge in [-0.1, -0.05) is 60.2 Å². The van der Waals surface area contributed by atoms with Crippen molar-refractivity contribution < 1.29 is 22.7 Å². The molecule has 0 fully saturated rings. The number of allylic oxidation sites excluding steroid dienone is 4. The molecule has 0 aromatic heterocycles. The van der Waals surface area contributed by atoms with Crippen molar-refractivity contribution in [2.75, 3.05) is 13.1 Å². The molecule has 1 aliphatic heterocycles. The van der Waals surface area contributed by atoms with Crippen molar-refractivity contribution in [3.63, 3.8) is 0 Å². The van der Waals surface area contributed by atoms with Crippen LogP contribution in [-0.4, -0.2) is 37.6 Å². The standard InChI is InChI=1S/C25H25NO5S/c1-19-12-14-23(15-13-19)32(29,30)26-17-16-22(28)10-6-7-11-25(31-20(2)27)24(18-26)21-8-4-3-5-9-21/h3-15H,16-18H2,1-2H3/b10-6+,11-7-,25-24-. The van der Waals surface area contributed by atoms with Crippen LogP contribution in [0.2, 0.25) is 0 Å². The number of aryl methyl sites for hydroxylation is 1. The molecule has 1 aliphatic rings. The Morgan fingerprint density at radius 3 is 2.28 bits per heavy atom. The number of ether oxygens (including phenoxy) is 1. The second-order valence-corrected chi connectivity index (χ2v) is 9.33. The Kier molecular flexibility index (Phi) is 7.56. The molecule has 2 aromatic carbocycles. The molecule has 0 spiro atoms. The summed E-state index contributed by atoms with van der Waals surface area (Å²) in [5, 5.41) is 0. The first-order chi connectivity index (χ1) is 15.3. The number of hydrogen-bond donors (Lipinski definition) is 0. The van der Waals surface area contributed by atoms with Crippen molar-refractivity contribution in [2.24, 2.45) is 0 Å². The van der Waals surface area contributed by atoms with Gasteiger partial charge in [-0.25, -0.2) is 8.42 Å². The predicted molar refractivity (Wildman–Crippen MR) is 123 cm³/mol. The minimum Gasteiger partial charge on any atom is -0.426 e. The summed E-state index contributed by atoms with van der Waals surface area (Å²) in [5.74, 6) is -0.497. The van der Waals surface area contributed by atoms with Gasteiger partial charge in [0, 0.05) is 32.0 Å². The Morgan fingerprint density at radius 1 is 0.969 bits per heavy atom. The average Bonchev–Trinajstić information content (AvgIpc) is 2.79. The molecule has 32 heavy (non-hydrogen) atoms. The molecule has 0 radical (unpaired) electrons. The summed E-state index contributed by atoms with van der Waals surface area (Å²) in [7, 11) is -3.92. The van der Waals surface area contributed by atoms with E-state index in [1.54, 1.807) is 42.5 Å². The molecule has 0 unspecified atom stereocenters. The van der Waals surface area contributed by atoms with Gasteiger partial charge in [0.25, 0.3) is 0 Å². The van der Waals surface area contributed by atoms with Crippen LogP contribution in [0, 0.1) is 6.92 Å². The molecule has 2 aromatic rings. The first-order valence-corrected chi connectivity index (χ1v) is 11.6. The summed E-state index contributed by atoms with van der Waals surface area (Å²) in [6.07, 6.45) is 6.13. The van der Waals surface area contributed by atoms with Crippen LogP contribution in [0.5, 0.6) is 0 Å². The Hall–Kier alpha value is -3.29. The molecule has 0 aliphatic carbocycles. The first-order valence-electron chi connectivity index (χ1n) is 10.2. The van der Waals surface area contributed by atoms with Gasteiger partial charge in [-0.3, -0.25) is 9.59 Å². The quantitative estimate of drug-likeness (QED) is 0.656. The van der Waals surface area contributed by atoms with Gasteiger partial charge >= 0.3 is 5.97 Å². The van der Waals surface area contributed by atoms with E-state index in [4.69, 9.17) is 4.74 Å². The number of ketones is 1. The van der Waals surface area contributed by atoms with Gasteiger partial charge in [-0.2, -0.15) is 4.31 Å². The minimum absolute atomic E-state index is 0.0108. The fraction of sp³-hybridized carbons (Fsp3) is 0.200. The number of sulfonamides is 1. The van der Waals surface area contributed by atoms with Crippen molar-refractivity contribution in [1.29, 1.82) is 0 Å². The molecule has 166 valence electrons. The molecule has 0 saturated heterocycles. The van der Waals surface area contributed by atoms with E-state index in [1.807, 2.05) is 37.3 Å². The van der Waals surface area contributed by atoms with E-state index in [1.165, 1.54) is 17.3 Å². The van der Waals surface area contributed by atoms with Gasteiger partial charge in [-0.15, -0.1) is 0 Å². The van der Waals surface area contributed by atoms with Crippen LogP contribution in [0.1, 0.15) is 24.5 Å². The molecular formula is C25H25NO5S. The smallest absolute Gasteiger partial charge is 0.308 e. The normalized spacial score (nSPS) is 20.2. The van der Waals surface area contributed by atoms with Gasteiger partial charge < -0.3 is 4.74 Å². The van der Waals surface area contributed by atoms with Gasteiger partial charge in [-0.05, 0) is 36.8 Å². The lowest BCUT2D eigenvalue weighted by Gasteiger charge is -2.24. The van der Waals surface area contributed by atoms with Crippen molar-refractivity contribution in [1.82, 2.24) is 4.31 Å². The SMILES string of the molecule is CC(=O)OC1=C(\c2ccccc2)CN(S(=O)(=O)c2ccc(C)cc2)CCC(=O)/C=C/C=C\1. The van der Waals surface area contributed by atoms with Gasteiger partial charge in [0.05, 0.1) is 4.90 Å². The topological polar surface area (TPSA) is 80.8 Å². The lowest BCUT2D eigenvalue weighted by atomic mass is 10.0. The molecular weight excluding hydrogens is 426 g/mol. The van der Waals surface area contributed by atoms with Crippen LogP contribution in [0.4, 0.5) is 0 Å². The molecule has 7 heteroatoms.